The monoisotopic (exact) mass is 235 g/mol. The van der Waals surface area contributed by atoms with Gasteiger partial charge in [-0.1, -0.05) is 30.3 Å². The van der Waals surface area contributed by atoms with E-state index >= 15 is 0 Å². The highest BCUT2D eigenvalue weighted by Crippen LogP contribution is 2.04. The number of amides is 2. The average Bonchev–Trinajstić information content (AvgIpc) is 2.28. The maximum Gasteiger partial charge on any atom is 0.259 e. The first-order valence-electron chi connectivity index (χ1n) is 5.34. The van der Waals surface area contributed by atoms with Crippen LogP contribution in [0, 0.1) is 0 Å². The largest absolute Gasteiger partial charge is 0.344 e. The molecule has 0 saturated heterocycles. The van der Waals surface area contributed by atoms with E-state index in [4.69, 9.17) is 5.84 Å². The summed E-state index contributed by atoms with van der Waals surface area (Å²) in [7, 11) is 1.46. The molecule has 3 N–H and O–H groups in total. The van der Waals surface area contributed by atoms with Gasteiger partial charge in [-0.15, -0.1) is 0 Å². The first-order chi connectivity index (χ1) is 8.00. The molecule has 92 valence electrons. The van der Waals surface area contributed by atoms with Crippen LogP contribution in [-0.4, -0.2) is 29.9 Å². The molecular formula is C12H17N3O2. The van der Waals surface area contributed by atoms with E-state index in [-0.39, 0.29) is 11.8 Å². The number of nitrogens with two attached hydrogens (primary N) is 1. The van der Waals surface area contributed by atoms with E-state index in [9.17, 15) is 9.59 Å². The lowest BCUT2D eigenvalue weighted by atomic mass is 10.1. The van der Waals surface area contributed by atoms with Crippen LogP contribution in [0.15, 0.2) is 30.3 Å². The van der Waals surface area contributed by atoms with Crippen molar-refractivity contribution in [3.8, 4) is 0 Å². The average molecular weight is 235 g/mol. The van der Waals surface area contributed by atoms with E-state index in [1.165, 1.54) is 14.0 Å². The minimum absolute atomic E-state index is 0.249. The highest BCUT2D eigenvalue weighted by Gasteiger charge is 2.21. The van der Waals surface area contributed by atoms with Crippen molar-refractivity contribution in [3.63, 3.8) is 0 Å². The van der Waals surface area contributed by atoms with Gasteiger partial charge in [-0.05, 0) is 5.56 Å². The van der Waals surface area contributed by atoms with E-state index < -0.39 is 6.04 Å². The number of nitrogens with zero attached hydrogens (tertiary/aromatic N) is 1. The molecule has 1 aromatic rings. The lowest BCUT2D eigenvalue weighted by Gasteiger charge is -2.20. The minimum atomic E-state index is -0.620. The van der Waals surface area contributed by atoms with Crippen molar-refractivity contribution in [2.45, 2.75) is 19.4 Å². The topological polar surface area (TPSA) is 75.4 Å². The molecule has 1 rings (SSSR count). The molecule has 0 aromatic heterocycles. The molecule has 5 nitrogen and oxygen atoms in total. The summed E-state index contributed by atoms with van der Waals surface area (Å²) in [6.45, 7) is 1.38. The van der Waals surface area contributed by atoms with Gasteiger partial charge in [-0.2, -0.15) is 0 Å². The van der Waals surface area contributed by atoms with Crippen LogP contribution in [0.1, 0.15) is 12.5 Å². The number of hydrazine groups is 1. The van der Waals surface area contributed by atoms with Crippen molar-refractivity contribution in [2.75, 3.05) is 7.05 Å². The van der Waals surface area contributed by atoms with Crippen molar-refractivity contribution < 1.29 is 9.59 Å². The van der Waals surface area contributed by atoms with Crippen LogP contribution in [0.5, 0.6) is 0 Å². The molecular weight excluding hydrogens is 218 g/mol. The third-order valence-electron chi connectivity index (χ3n) is 2.31. The molecule has 1 atom stereocenters. The normalized spacial score (nSPS) is 11.7. The fourth-order valence-electron chi connectivity index (χ4n) is 1.54. The number of nitrogens with one attached hydrogen (secondary N) is 1. The molecule has 0 radical (unpaired) electrons. The van der Waals surface area contributed by atoms with Gasteiger partial charge in [-0.25, -0.2) is 5.84 Å². The van der Waals surface area contributed by atoms with E-state index in [0.717, 1.165) is 10.6 Å². The maximum absolute atomic E-state index is 11.8. The predicted molar refractivity (Wildman–Crippen MR) is 64.7 cm³/mol. The molecule has 0 bridgehead atoms. The second-order valence-corrected chi connectivity index (χ2v) is 3.89. The van der Waals surface area contributed by atoms with E-state index in [0.29, 0.717) is 6.42 Å². The molecule has 0 aliphatic heterocycles. The lowest BCUT2D eigenvalue weighted by molar-refractivity contribution is -0.135. The molecule has 0 heterocycles. The third-order valence-corrected chi connectivity index (χ3v) is 2.31. The Morgan fingerprint density at radius 1 is 1.35 bits per heavy atom. The summed E-state index contributed by atoms with van der Waals surface area (Å²) in [6.07, 6.45) is 0.431. The zero-order valence-corrected chi connectivity index (χ0v) is 10.0. The summed E-state index contributed by atoms with van der Waals surface area (Å²) in [5, 5.41) is 3.59. The van der Waals surface area contributed by atoms with Crippen molar-refractivity contribution in [2.24, 2.45) is 5.84 Å². The van der Waals surface area contributed by atoms with Crippen molar-refractivity contribution in [1.82, 2.24) is 10.3 Å². The first kappa shape index (κ1) is 13.2. The van der Waals surface area contributed by atoms with Gasteiger partial charge in [0, 0.05) is 20.4 Å². The third kappa shape index (κ3) is 4.24. The van der Waals surface area contributed by atoms with Crippen LogP contribution in [0.4, 0.5) is 0 Å². The summed E-state index contributed by atoms with van der Waals surface area (Å²) in [4.78, 5) is 22.8. The Kier molecular flexibility index (Phi) is 4.66. The molecule has 0 spiro atoms. The smallest absolute Gasteiger partial charge is 0.259 e. The van der Waals surface area contributed by atoms with Gasteiger partial charge < -0.3 is 5.32 Å². The van der Waals surface area contributed by atoms with E-state index in [1.807, 2.05) is 30.3 Å². The molecule has 1 aromatic carbocycles. The Balaban J connectivity index is 2.77. The van der Waals surface area contributed by atoms with Gasteiger partial charge in [0.2, 0.25) is 5.91 Å². The van der Waals surface area contributed by atoms with Gasteiger partial charge in [0.1, 0.15) is 6.04 Å². The molecule has 0 aliphatic carbocycles. The van der Waals surface area contributed by atoms with Crippen molar-refractivity contribution in [3.05, 3.63) is 35.9 Å². The van der Waals surface area contributed by atoms with Crippen molar-refractivity contribution >= 4 is 11.8 Å². The zero-order chi connectivity index (χ0) is 12.8. The second-order valence-electron chi connectivity index (χ2n) is 3.89. The number of hydrogen-bond donors (Lipinski definition) is 2. The molecule has 0 unspecified atom stereocenters. The molecule has 0 fully saturated rings. The predicted octanol–water partition coefficient (Wildman–Crippen LogP) is 0.0659. The summed E-state index contributed by atoms with van der Waals surface area (Å²) >= 11 is 0. The van der Waals surface area contributed by atoms with Gasteiger partial charge in [0.25, 0.3) is 5.91 Å². The van der Waals surface area contributed by atoms with E-state index in [2.05, 4.69) is 5.32 Å². The van der Waals surface area contributed by atoms with Gasteiger partial charge in [-0.3, -0.25) is 14.6 Å². The molecule has 5 heteroatoms. The first-order valence-corrected chi connectivity index (χ1v) is 5.34. The Morgan fingerprint density at radius 2 is 1.94 bits per heavy atom. The van der Waals surface area contributed by atoms with Crippen LogP contribution in [0.3, 0.4) is 0 Å². The number of benzene rings is 1. The summed E-state index contributed by atoms with van der Waals surface area (Å²) in [6, 6.07) is 8.85. The Labute approximate surface area is 101 Å². The Hall–Kier alpha value is -1.88. The fraction of sp³-hybridized carbons (Fsp3) is 0.333. The number of rotatable bonds is 4. The Morgan fingerprint density at radius 3 is 2.41 bits per heavy atom. The lowest BCUT2D eigenvalue weighted by Crippen LogP contribution is -2.50. The van der Waals surface area contributed by atoms with E-state index in [1.54, 1.807) is 0 Å². The van der Waals surface area contributed by atoms with Crippen LogP contribution < -0.4 is 11.2 Å². The number of likely N-dealkylation sites (N-methyl/N-ethyl adjacent to an activating group) is 1. The highest BCUT2D eigenvalue weighted by atomic mass is 16.2. The van der Waals surface area contributed by atoms with Gasteiger partial charge in [0.15, 0.2) is 0 Å². The maximum atomic E-state index is 11.8. The highest BCUT2D eigenvalue weighted by molar-refractivity contribution is 5.86. The molecule has 17 heavy (non-hydrogen) atoms. The van der Waals surface area contributed by atoms with Gasteiger partial charge in [0.05, 0.1) is 0 Å². The quantitative estimate of drug-likeness (QED) is 0.440. The van der Waals surface area contributed by atoms with Crippen molar-refractivity contribution in [1.29, 1.82) is 0 Å². The number of carbonyl (C=O) groups excluding carboxylic acids is 2. The van der Waals surface area contributed by atoms with Crippen LogP contribution in [0.25, 0.3) is 0 Å². The number of carbonyl (C=O) groups is 2. The molecule has 2 amide bonds. The number of hydrogen-bond acceptors (Lipinski definition) is 3. The SMILES string of the molecule is CC(=O)N[C@@H](Cc1ccccc1)C(=O)N(C)N. The standard InChI is InChI=1S/C12H17N3O2/c1-9(16)14-11(12(17)15(2)13)8-10-6-4-3-5-7-10/h3-7,11H,8,13H2,1-2H3,(H,14,16)/t11-/m0/s1. The Bertz CT molecular complexity index is 390. The summed E-state index contributed by atoms with van der Waals surface area (Å²) in [5.74, 6) is 4.83. The zero-order valence-electron chi connectivity index (χ0n) is 10.0. The molecule has 0 saturated carbocycles. The van der Waals surface area contributed by atoms with Gasteiger partial charge >= 0.3 is 0 Å². The molecule has 0 aliphatic rings. The second kappa shape index (κ2) is 6.00. The fourth-order valence-corrected chi connectivity index (χ4v) is 1.54. The minimum Gasteiger partial charge on any atom is -0.344 e. The summed E-state index contributed by atoms with van der Waals surface area (Å²) < 4.78 is 0. The van der Waals surface area contributed by atoms with Crippen LogP contribution >= 0.6 is 0 Å². The van der Waals surface area contributed by atoms with Crippen LogP contribution in [0.2, 0.25) is 0 Å². The van der Waals surface area contributed by atoms with Crippen LogP contribution in [-0.2, 0) is 16.0 Å². The summed E-state index contributed by atoms with van der Waals surface area (Å²) in [5.41, 5.74) is 0.974.